The predicted octanol–water partition coefficient (Wildman–Crippen LogP) is 2.37. The van der Waals surface area contributed by atoms with Gasteiger partial charge in [-0.3, -0.25) is 19.4 Å². The van der Waals surface area contributed by atoms with Crippen LogP contribution in [0.15, 0.2) is 59.5 Å². The van der Waals surface area contributed by atoms with Crippen molar-refractivity contribution in [3.8, 4) is 0 Å². The molecule has 4 rings (SSSR count). The fraction of sp³-hybridized carbons (Fsp3) is 0.130. The lowest BCUT2D eigenvalue weighted by Gasteiger charge is -2.09. The summed E-state index contributed by atoms with van der Waals surface area (Å²) in [7, 11) is 0. The third-order valence-electron chi connectivity index (χ3n) is 5.11. The lowest BCUT2D eigenvalue weighted by atomic mass is 10.0. The van der Waals surface area contributed by atoms with Gasteiger partial charge in [0, 0.05) is 23.1 Å². The molecule has 10 heteroatoms. The Morgan fingerprint density at radius 3 is 2.58 bits per heavy atom. The summed E-state index contributed by atoms with van der Waals surface area (Å²) in [5.74, 6) is -1.18. The number of aromatic nitrogens is 3. The summed E-state index contributed by atoms with van der Waals surface area (Å²) < 4.78 is 0. The fourth-order valence-electron chi connectivity index (χ4n) is 3.51. The van der Waals surface area contributed by atoms with E-state index in [1.807, 2.05) is 12.1 Å². The summed E-state index contributed by atoms with van der Waals surface area (Å²) in [4.78, 5) is 45.0. The van der Waals surface area contributed by atoms with Gasteiger partial charge in [-0.2, -0.15) is 4.98 Å². The SMILES string of the molecule is Nc1nc2[nH]cc(CCc3ccc(C(=O)Nc4cccc(NCC(=O)O)c4)cc3)c2c(=O)[nH]1. The van der Waals surface area contributed by atoms with Crippen LogP contribution in [0.2, 0.25) is 0 Å². The van der Waals surface area contributed by atoms with E-state index >= 15 is 0 Å². The number of carboxylic acid groups (broad SMARTS) is 1. The Labute approximate surface area is 187 Å². The number of anilines is 3. The Bertz CT molecular complexity index is 1370. The van der Waals surface area contributed by atoms with Gasteiger partial charge in [0.1, 0.15) is 12.2 Å². The molecule has 0 saturated carbocycles. The maximum atomic E-state index is 12.6. The summed E-state index contributed by atoms with van der Waals surface area (Å²) in [6.45, 7) is -0.212. The molecule has 0 aliphatic rings. The third-order valence-corrected chi connectivity index (χ3v) is 5.11. The molecule has 1 amide bonds. The number of carboxylic acids is 1. The van der Waals surface area contributed by atoms with Crippen LogP contribution in [-0.2, 0) is 17.6 Å². The Kier molecular flexibility index (Phi) is 6.07. The number of nitrogen functional groups attached to an aromatic ring is 1. The van der Waals surface area contributed by atoms with E-state index in [-0.39, 0.29) is 24.0 Å². The van der Waals surface area contributed by atoms with E-state index in [1.165, 1.54) is 0 Å². The first-order chi connectivity index (χ1) is 15.9. The Morgan fingerprint density at radius 2 is 1.82 bits per heavy atom. The number of rotatable bonds is 8. The minimum absolute atomic E-state index is 0.0676. The number of hydrogen-bond donors (Lipinski definition) is 6. The largest absolute Gasteiger partial charge is 0.480 e. The first kappa shape index (κ1) is 21.6. The molecule has 10 nitrogen and oxygen atoms in total. The van der Waals surface area contributed by atoms with Crippen LogP contribution in [0.1, 0.15) is 21.5 Å². The Hall–Kier alpha value is -4.60. The minimum atomic E-state index is -0.970. The van der Waals surface area contributed by atoms with Crippen LogP contribution in [0.25, 0.3) is 11.0 Å². The lowest BCUT2D eigenvalue weighted by molar-refractivity contribution is -0.134. The summed E-state index contributed by atoms with van der Waals surface area (Å²) >= 11 is 0. The van der Waals surface area contributed by atoms with Crippen molar-refractivity contribution < 1.29 is 14.7 Å². The number of amides is 1. The van der Waals surface area contributed by atoms with Crippen LogP contribution in [-0.4, -0.2) is 38.5 Å². The van der Waals surface area contributed by atoms with Crippen molar-refractivity contribution in [2.24, 2.45) is 0 Å². The van der Waals surface area contributed by atoms with Crippen molar-refractivity contribution in [1.82, 2.24) is 15.0 Å². The van der Waals surface area contributed by atoms with Gasteiger partial charge in [-0.15, -0.1) is 0 Å². The van der Waals surface area contributed by atoms with Gasteiger partial charge in [-0.1, -0.05) is 18.2 Å². The molecule has 0 spiro atoms. The smallest absolute Gasteiger partial charge is 0.322 e. The molecule has 0 fully saturated rings. The summed E-state index contributed by atoms with van der Waals surface area (Å²) in [5, 5.41) is 14.8. The zero-order chi connectivity index (χ0) is 23.4. The second-order valence-electron chi connectivity index (χ2n) is 7.47. The molecule has 0 radical (unpaired) electrons. The summed E-state index contributed by atoms with van der Waals surface area (Å²) in [5.41, 5.74) is 9.26. The van der Waals surface area contributed by atoms with Crippen LogP contribution in [0, 0.1) is 0 Å². The number of benzene rings is 2. The van der Waals surface area contributed by atoms with E-state index in [0.29, 0.717) is 40.8 Å². The maximum Gasteiger partial charge on any atom is 0.322 e. The minimum Gasteiger partial charge on any atom is -0.480 e. The van der Waals surface area contributed by atoms with E-state index < -0.39 is 5.97 Å². The van der Waals surface area contributed by atoms with Crippen LogP contribution in [0.5, 0.6) is 0 Å². The standard InChI is InChI=1S/C23H22N6O4/c24-23-28-20-19(22(33)29-23)15(11-26-20)9-6-13-4-7-14(8-5-13)21(32)27-17-3-1-2-16(10-17)25-12-18(30)31/h1-5,7-8,10-11,25H,6,9,12H2,(H,27,32)(H,30,31)(H4,24,26,28,29,33). The number of carbonyl (C=O) groups is 2. The van der Waals surface area contributed by atoms with Crippen LogP contribution < -0.4 is 21.9 Å². The number of aryl methyl sites for hydroxylation is 2. The average molecular weight is 446 g/mol. The topological polar surface area (TPSA) is 166 Å². The number of fused-ring (bicyclic) bond motifs is 1. The summed E-state index contributed by atoms with van der Waals surface area (Å²) in [6.07, 6.45) is 3.06. The van der Waals surface area contributed by atoms with Crippen LogP contribution in [0.4, 0.5) is 17.3 Å². The molecule has 0 unspecified atom stereocenters. The fourth-order valence-corrected chi connectivity index (χ4v) is 3.51. The number of nitrogens with one attached hydrogen (secondary N) is 4. The maximum absolute atomic E-state index is 12.6. The number of hydrogen-bond acceptors (Lipinski definition) is 6. The second-order valence-corrected chi connectivity index (χ2v) is 7.47. The molecule has 33 heavy (non-hydrogen) atoms. The van der Waals surface area contributed by atoms with Crippen molar-refractivity contribution >= 4 is 40.2 Å². The quantitative estimate of drug-likeness (QED) is 0.242. The first-order valence-electron chi connectivity index (χ1n) is 10.2. The van der Waals surface area contributed by atoms with Crippen molar-refractivity contribution in [2.45, 2.75) is 12.8 Å². The van der Waals surface area contributed by atoms with E-state index in [0.717, 1.165) is 11.1 Å². The molecule has 168 valence electrons. The Balaban J connectivity index is 1.38. The van der Waals surface area contributed by atoms with E-state index in [4.69, 9.17) is 10.8 Å². The number of carbonyl (C=O) groups excluding carboxylic acids is 1. The van der Waals surface area contributed by atoms with E-state index in [2.05, 4.69) is 25.6 Å². The van der Waals surface area contributed by atoms with Gasteiger partial charge < -0.3 is 26.5 Å². The first-order valence-corrected chi connectivity index (χ1v) is 10.2. The van der Waals surface area contributed by atoms with Crippen molar-refractivity contribution in [1.29, 1.82) is 0 Å². The van der Waals surface area contributed by atoms with Gasteiger partial charge in [0.25, 0.3) is 11.5 Å². The second kappa shape index (κ2) is 9.27. The number of H-pyrrole nitrogens is 2. The molecule has 4 aromatic rings. The van der Waals surface area contributed by atoms with Gasteiger partial charge in [0.15, 0.2) is 0 Å². The highest BCUT2D eigenvalue weighted by Gasteiger charge is 2.11. The molecule has 7 N–H and O–H groups in total. The highest BCUT2D eigenvalue weighted by molar-refractivity contribution is 6.04. The third kappa shape index (κ3) is 5.18. The molecule has 0 aliphatic heterocycles. The normalized spacial score (nSPS) is 10.8. The number of nitrogens with zero attached hydrogens (tertiary/aromatic N) is 1. The van der Waals surface area contributed by atoms with Gasteiger partial charge in [0.2, 0.25) is 5.95 Å². The average Bonchev–Trinajstić information content (AvgIpc) is 3.20. The molecular formula is C23H22N6O4. The Morgan fingerprint density at radius 1 is 1.06 bits per heavy atom. The van der Waals surface area contributed by atoms with Crippen LogP contribution >= 0.6 is 0 Å². The molecular weight excluding hydrogens is 424 g/mol. The van der Waals surface area contributed by atoms with E-state index in [1.54, 1.807) is 42.6 Å². The molecule has 2 aromatic heterocycles. The zero-order valence-corrected chi connectivity index (χ0v) is 17.5. The molecule has 0 saturated heterocycles. The van der Waals surface area contributed by atoms with Gasteiger partial charge in [-0.05, 0) is 54.3 Å². The summed E-state index contributed by atoms with van der Waals surface area (Å²) in [6, 6.07) is 14.1. The van der Waals surface area contributed by atoms with E-state index in [9.17, 15) is 14.4 Å². The molecule has 0 bridgehead atoms. The lowest BCUT2D eigenvalue weighted by Crippen LogP contribution is -2.14. The molecule has 2 heterocycles. The monoisotopic (exact) mass is 446 g/mol. The molecule has 0 aliphatic carbocycles. The number of nitrogens with two attached hydrogens (primary N) is 1. The highest BCUT2D eigenvalue weighted by atomic mass is 16.4. The van der Waals surface area contributed by atoms with Crippen molar-refractivity contribution in [2.75, 3.05) is 22.9 Å². The van der Waals surface area contributed by atoms with Crippen LogP contribution in [0.3, 0.4) is 0 Å². The van der Waals surface area contributed by atoms with Crippen molar-refractivity contribution in [3.63, 3.8) is 0 Å². The molecule has 2 aromatic carbocycles. The predicted molar refractivity (Wildman–Crippen MR) is 125 cm³/mol. The number of aliphatic carboxylic acids is 1. The zero-order valence-electron chi connectivity index (χ0n) is 17.5. The van der Waals surface area contributed by atoms with Crippen molar-refractivity contribution in [3.05, 3.63) is 81.8 Å². The molecule has 0 atom stereocenters. The van der Waals surface area contributed by atoms with Gasteiger partial charge in [0.05, 0.1) is 5.39 Å². The van der Waals surface area contributed by atoms with Gasteiger partial charge in [-0.25, -0.2) is 0 Å². The van der Waals surface area contributed by atoms with Gasteiger partial charge >= 0.3 is 5.97 Å². The highest BCUT2D eigenvalue weighted by Crippen LogP contribution is 2.18. The number of aromatic amines is 2.